The summed E-state index contributed by atoms with van der Waals surface area (Å²) < 4.78 is 2.19. The van der Waals surface area contributed by atoms with Gasteiger partial charge in [0.25, 0.3) is 0 Å². The van der Waals surface area contributed by atoms with E-state index >= 15 is 0 Å². The SMILES string of the molecule is Brc1ccc(Br)c2c1=NC1CCN(C(c3ccccc3)(c3ccccc3)c3ccccc3)CC=21. The smallest absolute Gasteiger partial charge is 0.0975 e. The first-order valence-corrected chi connectivity index (χ1v) is 13.2. The minimum absolute atomic E-state index is 0.237. The molecule has 0 N–H and O–H groups in total. The van der Waals surface area contributed by atoms with Gasteiger partial charge in [-0.05, 0) is 56.7 Å². The Balaban J connectivity index is 1.62. The highest BCUT2D eigenvalue weighted by atomic mass is 79.9. The third-order valence-electron chi connectivity index (χ3n) is 7.17. The quantitative estimate of drug-likeness (QED) is 0.272. The van der Waals surface area contributed by atoms with Crippen molar-refractivity contribution in [3.63, 3.8) is 0 Å². The van der Waals surface area contributed by atoms with Gasteiger partial charge in [0.1, 0.15) is 0 Å². The zero-order chi connectivity index (χ0) is 23.1. The average Bonchev–Trinajstić information content (AvgIpc) is 3.29. The Labute approximate surface area is 216 Å². The minimum Gasteiger partial charge on any atom is -0.282 e. The number of rotatable bonds is 4. The van der Waals surface area contributed by atoms with Crippen molar-refractivity contribution < 1.29 is 0 Å². The summed E-state index contributed by atoms with van der Waals surface area (Å²) in [4.78, 5) is 7.79. The Bertz CT molecular complexity index is 1350. The van der Waals surface area contributed by atoms with E-state index in [0.29, 0.717) is 0 Å². The Hall–Kier alpha value is -2.53. The summed E-state index contributed by atoms with van der Waals surface area (Å²) in [5, 5.41) is 2.34. The monoisotopic (exact) mass is 570 g/mol. The molecule has 4 aromatic rings. The van der Waals surface area contributed by atoms with E-state index in [1.807, 2.05) is 0 Å². The van der Waals surface area contributed by atoms with Gasteiger partial charge in [0.05, 0.1) is 16.9 Å². The zero-order valence-corrected chi connectivity index (χ0v) is 21.8. The highest BCUT2D eigenvalue weighted by Gasteiger charge is 2.45. The molecule has 0 amide bonds. The van der Waals surface area contributed by atoms with Crippen LogP contribution in [0.2, 0.25) is 0 Å². The molecule has 4 heteroatoms. The van der Waals surface area contributed by atoms with Crippen LogP contribution in [0.15, 0.2) is 117 Å². The molecule has 0 spiro atoms. The van der Waals surface area contributed by atoms with Crippen molar-refractivity contribution in [3.05, 3.63) is 139 Å². The zero-order valence-electron chi connectivity index (χ0n) is 18.7. The molecule has 0 saturated carbocycles. The van der Waals surface area contributed by atoms with Crippen LogP contribution in [0.25, 0.3) is 5.57 Å². The van der Waals surface area contributed by atoms with Crippen LogP contribution < -0.4 is 10.6 Å². The first kappa shape index (κ1) is 22.0. The first-order valence-electron chi connectivity index (χ1n) is 11.7. The van der Waals surface area contributed by atoms with Crippen molar-refractivity contribution >= 4 is 37.4 Å². The van der Waals surface area contributed by atoms with Gasteiger partial charge in [-0.2, -0.15) is 0 Å². The van der Waals surface area contributed by atoms with Crippen LogP contribution in [-0.2, 0) is 5.54 Å². The Kier molecular flexibility index (Phi) is 5.76. The van der Waals surface area contributed by atoms with Crippen molar-refractivity contribution in [2.45, 2.75) is 18.0 Å². The number of hydrogen-bond donors (Lipinski definition) is 0. The second kappa shape index (κ2) is 8.92. The fourth-order valence-electron chi connectivity index (χ4n) is 5.73. The summed E-state index contributed by atoms with van der Waals surface area (Å²) in [6.07, 6.45) is 0.997. The molecule has 4 aromatic carbocycles. The minimum atomic E-state index is -0.400. The summed E-state index contributed by atoms with van der Waals surface area (Å²) in [7, 11) is 0. The van der Waals surface area contributed by atoms with E-state index < -0.39 is 5.54 Å². The van der Waals surface area contributed by atoms with Gasteiger partial charge in [-0.15, -0.1) is 0 Å². The van der Waals surface area contributed by atoms with Crippen molar-refractivity contribution in [3.8, 4) is 0 Å². The highest BCUT2D eigenvalue weighted by Crippen LogP contribution is 2.44. The van der Waals surface area contributed by atoms with Crippen LogP contribution in [0.1, 0.15) is 23.1 Å². The van der Waals surface area contributed by atoms with Gasteiger partial charge >= 0.3 is 0 Å². The molecule has 2 aliphatic heterocycles. The maximum absolute atomic E-state index is 5.13. The third-order valence-corrected chi connectivity index (χ3v) is 8.47. The fourth-order valence-corrected chi connectivity index (χ4v) is 6.74. The molecule has 34 heavy (non-hydrogen) atoms. The molecule has 1 atom stereocenters. The topological polar surface area (TPSA) is 15.6 Å². The van der Waals surface area contributed by atoms with Gasteiger partial charge in [0, 0.05) is 27.3 Å². The molecule has 1 unspecified atom stereocenters. The van der Waals surface area contributed by atoms with Crippen LogP contribution in [0.3, 0.4) is 0 Å². The second-order valence-electron chi connectivity index (χ2n) is 8.94. The number of halogens is 2. The predicted molar refractivity (Wildman–Crippen MR) is 145 cm³/mol. The van der Waals surface area contributed by atoms with Gasteiger partial charge in [-0.3, -0.25) is 9.89 Å². The number of fused-ring (bicyclic) bond motifs is 2. The van der Waals surface area contributed by atoms with E-state index in [1.165, 1.54) is 27.5 Å². The van der Waals surface area contributed by atoms with Gasteiger partial charge in [-0.1, -0.05) is 107 Å². The van der Waals surface area contributed by atoms with Gasteiger partial charge in [-0.25, -0.2) is 0 Å². The Morgan fingerprint density at radius 3 is 1.71 bits per heavy atom. The van der Waals surface area contributed by atoms with Gasteiger partial charge in [0.15, 0.2) is 0 Å². The van der Waals surface area contributed by atoms with E-state index in [4.69, 9.17) is 4.99 Å². The molecule has 0 aromatic heterocycles. The largest absolute Gasteiger partial charge is 0.282 e. The van der Waals surface area contributed by atoms with Crippen LogP contribution in [0, 0.1) is 0 Å². The summed E-state index contributed by atoms with van der Waals surface area (Å²) in [6.45, 7) is 1.81. The first-order chi connectivity index (χ1) is 16.7. The third kappa shape index (κ3) is 3.43. The van der Waals surface area contributed by atoms with Crippen LogP contribution in [0.4, 0.5) is 0 Å². The summed E-state index contributed by atoms with van der Waals surface area (Å²) in [5.74, 6) is 0. The standard InChI is InChI=1S/C30H24Br2N2/c31-25-16-17-26(32)29-28(25)24-20-34(19-18-27(24)33-29)30(21-10-4-1-5-11-21,22-12-6-2-7-13-22)23-14-8-3-9-15-23/h1-17,27H,18-20H2. The molecule has 1 saturated heterocycles. The summed E-state index contributed by atoms with van der Waals surface area (Å²) in [5.41, 5.74) is 4.87. The second-order valence-corrected chi connectivity index (χ2v) is 10.7. The van der Waals surface area contributed by atoms with Crippen molar-refractivity contribution in [2.75, 3.05) is 13.1 Å². The number of piperidine rings is 1. The van der Waals surface area contributed by atoms with E-state index in [2.05, 4.69) is 140 Å². The molecule has 6 rings (SSSR count). The summed E-state index contributed by atoms with van der Waals surface area (Å²) in [6, 6.07) is 37.3. The van der Waals surface area contributed by atoms with E-state index in [1.54, 1.807) is 0 Å². The highest BCUT2D eigenvalue weighted by molar-refractivity contribution is 9.11. The Morgan fingerprint density at radius 2 is 1.18 bits per heavy atom. The molecule has 2 heterocycles. The lowest BCUT2D eigenvalue weighted by atomic mass is 9.74. The van der Waals surface area contributed by atoms with Crippen molar-refractivity contribution in [1.29, 1.82) is 0 Å². The number of benzene rings is 4. The molecule has 0 aliphatic carbocycles. The Morgan fingerprint density at radius 1 is 0.676 bits per heavy atom. The van der Waals surface area contributed by atoms with E-state index in [0.717, 1.165) is 33.8 Å². The fraction of sp³-hybridized carbons (Fsp3) is 0.167. The molecule has 0 radical (unpaired) electrons. The van der Waals surface area contributed by atoms with Crippen LogP contribution in [0.5, 0.6) is 0 Å². The molecular weight excluding hydrogens is 548 g/mol. The van der Waals surface area contributed by atoms with Gasteiger partial charge < -0.3 is 0 Å². The van der Waals surface area contributed by atoms with Gasteiger partial charge in [0.2, 0.25) is 0 Å². The van der Waals surface area contributed by atoms with E-state index in [9.17, 15) is 0 Å². The predicted octanol–water partition coefficient (Wildman–Crippen LogP) is 6.06. The maximum atomic E-state index is 5.13. The van der Waals surface area contributed by atoms with Crippen molar-refractivity contribution in [1.82, 2.24) is 4.90 Å². The van der Waals surface area contributed by atoms with Crippen molar-refractivity contribution in [2.24, 2.45) is 4.99 Å². The maximum Gasteiger partial charge on any atom is 0.0975 e. The lowest BCUT2D eigenvalue weighted by Crippen LogP contribution is -2.52. The van der Waals surface area contributed by atoms with Crippen LogP contribution >= 0.6 is 31.9 Å². The summed E-state index contributed by atoms with van der Waals surface area (Å²) >= 11 is 7.57. The molecule has 2 aliphatic rings. The molecule has 168 valence electrons. The normalized spacial score (nSPS) is 17.7. The number of hydrogen-bond acceptors (Lipinski definition) is 2. The van der Waals surface area contributed by atoms with E-state index in [-0.39, 0.29) is 6.04 Å². The average molecular weight is 572 g/mol. The molecule has 1 fully saturated rings. The number of nitrogens with zero attached hydrogens (tertiary/aromatic N) is 2. The molecule has 2 nitrogen and oxygen atoms in total. The molecule has 0 bridgehead atoms. The lowest BCUT2D eigenvalue weighted by molar-refractivity contribution is 0.160. The molecular formula is C30H24Br2N2. The lowest BCUT2D eigenvalue weighted by Gasteiger charge is -2.48. The van der Waals surface area contributed by atoms with Crippen LogP contribution in [-0.4, -0.2) is 24.0 Å². The number of likely N-dealkylation sites (tertiary alicyclic amines) is 1.